The molecule has 0 radical (unpaired) electrons. The third-order valence-corrected chi connectivity index (χ3v) is 9.01. The van der Waals surface area contributed by atoms with Crippen LogP contribution in [-0.2, 0) is 10.2 Å². The standard InChI is InChI=1S/C22H23N3O2S2/c26-19-11-28-17-2-1-15(6-16(17)23-19)20(27)25-21-24-18(10-29-21)22-7-12-3-13(8-22)5-14(4-12)9-22/h1-2,6,10,12-14H,3-5,7-9,11H2,(H,23,26)(H,24,25,27). The van der Waals surface area contributed by atoms with Gasteiger partial charge in [0.2, 0.25) is 5.91 Å². The van der Waals surface area contributed by atoms with Crippen LogP contribution in [-0.4, -0.2) is 22.6 Å². The number of carbonyl (C=O) groups excluding carboxylic acids is 2. The largest absolute Gasteiger partial charge is 0.324 e. The van der Waals surface area contributed by atoms with Gasteiger partial charge in [0.25, 0.3) is 5.91 Å². The van der Waals surface area contributed by atoms with Crippen molar-refractivity contribution in [2.75, 3.05) is 16.4 Å². The van der Waals surface area contributed by atoms with Gasteiger partial charge in [-0.05, 0) is 74.5 Å². The molecule has 5 aliphatic rings. The van der Waals surface area contributed by atoms with Crippen LogP contribution in [0.2, 0.25) is 0 Å². The van der Waals surface area contributed by atoms with E-state index < -0.39 is 0 Å². The first-order valence-corrected chi connectivity index (χ1v) is 12.3. The van der Waals surface area contributed by atoms with E-state index in [0.29, 0.717) is 22.1 Å². The second kappa shape index (κ2) is 6.57. The van der Waals surface area contributed by atoms with Gasteiger partial charge < -0.3 is 5.32 Å². The molecule has 0 atom stereocenters. The van der Waals surface area contributed by atoms with E-state index in [-0.39, 0.29) is 17.2 Å². The molecule has 7 rings (SSSR count). The zero-order chi connectivity index (χ0) is 19.6. The normalized spacial score (nSPS) is 32.0. The lowest BCUT2D eigenvalue weighted by Crippen LogP contribution is -2.48. The minimum absolute atomic E-state index is 0.0276. The Morgan fingerprint density at radius 2 is 1.86 bits per heavy atom. The van der Waals surface area contributed by atoms with Gasteiger partial charge in [-0.1, -0.05) is 0 Å². The van der Waals surface area contributed by atoms with Crippen molar-refractivity contribution in [1.82, 2.24) is 4.98 Å². The van der Waals surface area contributed by atoms with Gasteiger partial charge in [-0.2, -0.15) is 0 Å². The van der Waals surface area contributed by atoms with Crippen LogP contribution in [0.3, 0.4) is 0 Å². The highest BCUT2D eigenvalue weighted by molar-refractivity contribution is 8.00. The van der Waals surface area contributed by atoms with Crippen molar-refractivity contribution >= 4 is 45.7 Å². The maximum absolute atomic E-state index is 12.8. The number of nitrogens with zero attached hydrogens (tertiary/aromatic N) is 1. The third-order valence-electron chi connectivity index (χ3n) is 7.18. The first kappa shape index (κ1) is 18.0. The third kappa shape index (κ3) is 3.10. The van der Waals surface area contributed by atoms with E-state index in [0.717, 1.165) is 22.6 Å². The molecule has 29 heavy (non-hydrogen) atoms. The number of hydrogen-bond acceptors (Lipinski definition) is 5. The molecule has 2 aromatic rings. The smallest absolute Gasteiger partial charge is 0.257 e. The second-order valence-electron chi connectivity index (χ2n) is 9.24. The summed E-state index contributed by atoms with van der Waals surface area (Å²) in [5.41, 5.74) is 2.71. The summed E-state index contributed by atoms with van der Waals surface area (Å²) in [5.74, 6) is 2.85. The molecule has 4 aliphatic carbocycles. The number of hydrogen-bond donors (Lipinski definition) is 2. The molecule has 4 bridgehead atoms. The summed E-state index contributed by atoms with van der Waals surface area (Å²) in [6.45, 7) is 0. The number of benzene rings is 1. The van der Waals surface area contributed by atoms with Crippen molar-refractivity contribution in [2.45, 2.75) is 48.8 Å². The number of carbonyl (C=O) groups is 2. The number of fused-ring (bicyclic) bond motifs is 1. The lowest BCUT2D eigenvalue weighted by molar-refractivity contribution is -0.113. The molecule has 0 spiro atoms. The SMILES string of the molecule is O=C1CSc2ccc(C(=O)Nc3nc(C45CC6CC(CC(C6)C4)C5)cs3)cc2N1. The summed E-state index contributed by atoms with van der Waals surface area (Å²) in [5, 5.41) is 8.67. The molecule has 2 N–H and O–H groups in total. The van der Waals surface area contributed by atoms with Gasteiger partial charge in [-0.15, -0.1) is 23.1 Å². The van der Waals surface area contributed by atoms with Crippen molar-refractivity contribution in [1.29, 1.82) is 0 Å². The number of anilines is 2. The van der Waals surface area contributed by atoms with Crippen molar-refractivity contribution in [3.63, 3.8) is 0 Å². The lowest BCUT2D eigenvalue weighted by atomic mass is 9.49. The van der Waals surface area contributed by atoms with Crippen LogP contribution in [0.25, 0.3) is 0 Å². The van der Waals surface area contributed by atoms with E-state index in [9.17, 15) is 9.59 Å². The zero-order valence-corrected chi connectivity index (χ0v) is 17.7. The van der Waals surface area contributed by atoms with Crippen LogP contribution in [0.15, 0.2) is 28.5 Å². The molecule has 4 fully saturated rings. The first-order chi connectivity index (χ1) is 14.1. The van der Waals surface area contributed by atoms with Gasteiger partial charge >= 0.3 is 0 Å². The van der Waals surface area contributed by atoms with Gasteiger partial charge in [0, 0.05) is 21.3 Å². The summed E-state index contributed by atoms with van der Waals surface area (Å²) < 4.78 is 0. The monoisotopic (exact) mass is 425 g/mol. The average Bonchev–Trinajstić information content (AvgIpc) is 3.16. The number of amides is 2. The summed E-state index contributed by atoms with van der Waals surface area (Å²) >= 11 is 3.03. The Morgan fingerprint density at radius 1 is 1.14 bits per heavy atom. The van der Waals surface area contributed by atoms with Gasteiger partial charge in [0.15, 0.2) is 5.13 Å². The minimum atomic E-state index is -0.177. The Balaban J connectivity index is 1.21. The van der Waals surface area contributed by atoms with E-state index in [1.807, 2.05) is 12.1 Å². The van der Waals surface area contributed by atoms with Crippen LogP contribution < -0.4 is 10.6 Å². The highest BCUT2D eigenvalue weighted by Crippen LogP contribution is 2.60. The quantitative estimate of drug-likeness (QED) is 0.733. The van der Waals surface area contributed by atoms with Gasteiger partial charge in [-0.25, -0.2) is 4.98 Å². The van der Waals surface area contributed by atoms with E-state index in [2.05, 4.69) is 16.0 Å². The molecule has 2 amide bonds. The van der Waals surface area contributed by atoms with Crippen LogP contribution >= 0.6 is 23.1 Å². The Morgan fingerprint density at radius 3 is 2.59 bits per heavy atom. The molecule has 1 aliphatic heterocycles. The predicted octanol–water partition coefficient (Wildman–Crippen LogP) is 4.91. The summed E-state index contributed by atoms with van der Waals surface area (Å²) in [4.78, 5) is 30.3. The highest BCUT2D eigenvalue weighted by Gasteiger charge is 2.52. The topological polar surface area (TPSA) is 71.1 Å². The fourth-order valence-electron chi connectivity index (χ4n) is 6.39. The summed E-state index contributed by atoms with van der Waals surface area (Å²) in [7, 11) is 0. The first-order valence-electron chi connectivity index (χ1n) is 10.4. The number of aromatic nitrogens is 1. The predicted molar refractivity (Wildman–Crippen MR) is 116 cm³/mol. The van der Waals surface area contributed by atoms with Crippen molar-refractivity contribution in [3.05, 3.63) is 34.8 Å². The highest BCUT2D eigenvalue weighted by atomic mass is 32.2. The molecular weight excluding hydrogens is 402 g/mol. The Kier molecular flexibility index (Phi) is 4.07. The van der Waals surface area contributed by atoms with Gasteiger partial charge in [0.05, 0.1) is 17.1 Å². The van der Waals surface area contributed by atoms with E-state index >= 15 is 0 Å². The molecule has 1 aromatic carbocycles. The molecule has 2 heterocycles. The fourth-order valence-corrected chi connectivity index (χ4v) is 8.01. The maximum atomic E-state index is 12.8. The van der Waals surface area contributed by atoms with Crippen molar-refractivity contribution in [2.24, 2.45) is 17.8 Å². The van der Waals surface area contributed by atoms with Crippen LogP contribution in [0, 0.1) is 17.8 Å². The second-order valence-corrected chi connectivity index (χ2v) is 11.1. The Labute approximate surface area is 178 Å². The number of thiazole rings is 1. The van der Waals surface area contributed by atoms with Crippen LogP contribution in [0.5, 0.6) is 0 Å². The Bertz CT molecular complexity index is 980. The molecular formula is C22H23N3O2S2. The number of thioether (sulfide) groups is 1. The lowest BCUT2D eigenvalue weighted by Gasteiger charge is -2.56. The molecule has 0 saturated heterocycles. The molecule has 0 unspecified atom stereocenters. The fraction of sp³-hybridized carbons (Fsp3) is 0.500. The molecule has 150 valence electrons. The number of rotatable bonds is 3. The zero-order valence-electron chi connectivity index (χ0n) is 16.1. The van der Waals surface area contributed by atoms with Gasteiger partial charge in [0.1, 0.15) is 0 Å². The van der Waals surface area contributed by atoms with Gasteiger partial charge in [-0.3, -0.25) is 14.9 Å². The molecule has 5 nitrogen and oxygen atoms in total. The molecule has 1 aromatic heterocycles. The Hall–Kier alpha value is -1.86. The van der Waals surface area contributed by atoms with E-state index in [4.69, 9.17) is 4.98 Å². The van der Waals surface area contributed by atoms with Crippen molar-refractivity contribution in [3.8, 4) is 0 Å². The van der Waals surface area contributed by atoms with Crippen molar-refractivity contribution < 1.29 is 9.59 Å². The van der Waals surface area contributed by atoms with E-state index in [1.165, 1.54) is 67.3 Å². The van der Waals surface area contributed by atoms with E-state index in [1.54, 1.807) is 6.07 Å². The summed E-state index contributed by atoms with van der Waals surface area (Å²) in [6, 6.07) is 5.46. The van der Waals surface area contributed by atoms with Crippen LogP contribution in [0.1, 0.15) is 54.6 Å². The average molecular weight is 426 g/mol. The maximum Gasteiger partial charge on any atom is 0.257 e. The number of nitrogens with one attached hydrogen (secondary N) is 2. The molecule has 7 heteroatoms. The van der Waals surface area contributed by atoms with Crippen LogP contribution in [0.4, 0.5) is 10.8 Å². The summed E-state index contributed by atoms with van der Waals surface area (Å²) in [6.07, 6.45) is 8.08. The minimum Gasteiger partial charge on any atom is -0.324 e. The molecule has 4 saturated carbocycles.